The molecule has 0 amide bonds. The summed E-state index contributed by atoms with van der Waals surface area (Å²) in [6.45, 7) is 9.01. The van der Waals surface area contributed by atoms with E-state index in [1.54, 1.807) is 0 Å². The van der Waals surface area contributed by atoms with Crippen LogP contribution in [-0.2, 0) is 11.2 Å². The minimum atomic E-state index is -0.717. The molecule has 3 N–H and O–H groups in total. The van der Waals surface area contributed by atoms with Crippen molar-refractivity contribution in [2.45, 2.75) is 72.6 Å². The SMILES string of the molecule is CCC(CC)(CCNc1cccc(C=Cc2cccc(OCCCCCc3cc(C)c(O)c(C)c3)n2)c1)C(=O)O. The highest BCUT2D eigenvalue weighted by molar-refractivity contribution is 5.74. The number of phenols is 1. The number of aromatic nitrogens is 1. The Morgan fingerprint density at radius 1 is 0.975 bits per heavy atom. The number of carbonyl (C=O) groups is 1. The molecule has 3 rings (SSSR count). The highest BCUT2D eigenvalue weighted by atomic mass is 16.5. The maximum Gasteiger partial charge on any atom is 0.309 e. The number of pyridine rings is 1. The molecule has 0 radical (unpaired) electrons. The van der Waals surface area contributed by atoms with E-state index < -0.39 is 11.4 Å². The average Bonchev–Trinajstić information content (AvgIpc) is 2.95. The quantitative estimate of drug-likeness (QED) is 0.158. The monoisotopic (exact) mass is 544 g/mol. The van der Waals surface area contributed by atoms with Gasteiger partial charge in [-0.25, -0.2) is 4.98 Å². The number of nitrogens with one attached hydrogen (secondary N) is 1. The van der Waals surface area contributed by atoms with E-state index in [4.69, 9.17) is 4.74 Å². The zero-order valence-corrected chi connectivity index (χ0v) is 24.4. The lowest BCUT2D eigenvalue weighted by atomic mass is 9.79. The van der Waals surface area contributed by atoms with Crippen LogP contribution in [0.3, 0.4) is 0 Å². The first-order valence-corrected chi connectivity index (χ1v) is 14.4. The largest absolute Gasteiger partial charge is 0.507 e. The Labute approximate surface area is 239 Å². The highest BCUT2D eigenvalue weighted by Crippen LogP contribution is 2.31. The summed E-state index contributed by atoms with van der Waals surface area (Å²) in [5, 5.41) is 23.0. The van der Waals surface area contributed by atoms with Crippen LogP contribution in [0.25, 0.3) is 12.2 Å². The van der Waals surface area contributed by atoms with Crippen LogP contribution in [0.15, 0.2) is 54.6 Å². The molecule has 0 aliphatic heterocycles. The van der Waals surface area contributed by atoms with Gasteiger partial charge in [0.1, 0.15) is 5.75 Å². The molecule has 0 atom stereocenters. The van der Waals surface area contributed by atoms with E-state index in [1.165, 1.54) is 5.56 Å². The van der Waals surface area contributed by atoms with Gasteiger partial charge in [0.15, 0.2) is 0 Å². The summed E-state index contributed by atoms with van der Waals surface area (Å²) in [5.74, 6) is 0.300. The lowest BCUT2D eigenvalue weighted by Gasteiger charge is -2.26. The van der Waals surface area contributed by atoms with Crippen LogP contribution in [0.4, 0.5) is 5.69 Å². The van der Waals surface area contributed by atoms with Crippen molar-refractivity contribution < 1.29 is 19.7 Å². The van der Waals surface area contributed by atoms with Crippen LogP contribution in [-0.4, -0.2) is 34.3 Å². The fourth-order valence-electron chi connectivity index (χ4n) is 4.97. The van der Waals surface area contributed by atoms with Crippen molar-refractivity contribution in [3.63, 3.8) is 0 Å². The van der Waals surface area contributed by atoms with Gasteiger partial charge < -0.3 is 20.3 Å². The van der Waals surface area contributed by atoms with E-state index in [1.807, 2.05) is 76.2 Å². The Balaban J connectivity index is 1.44. The summed E-state index contributed by atoms with van der Waals surface area (Å²) in [6, 6.07) is 18.0. The van der Waals surface area contributed by atoms with Crippen LogP contribution < -0.4 is 10.1 Å². The summed E-state index contributed by atoms with van der Waals surface area (Å²) in [7, 11) is 0. The molecule has 214 valence electrons. The fourth-order valence-corrected chi connectivity index (χ4v) is 4.97. The number of phenolic OH excluding ortho intramolecular Hbond substituents is 1. The van der Waals surface area contributed by atoms with E-state index in [0.29, 0.717) is 44.0 Å². The molecule has 1 heterocycles. The molecule has 0 saturated heterocycles. The molecule has 0 aliphatic rings. The number of benzene rings is 2. The van der Waals surface area contributed by atoms with Crippen molar-refractivity contribution in [3.05, 3.63) is 82.5 Å². The number of carboxylic acids is 1. The minimum absolute atomic E-state index is 0.396. The predicted octanol–water partition coefficient (Wildman–Crippen LogP) is 8.06. The second kappa shape index (κ2) is 15.1. The Kier molecular flexibility index (Phi) is 11.6. The van der Waals surface area contributed by atoms with Crippen LogP contribution >= 0.6 is 0 Å². The molecule has 2 aromatic carbocycles. The van der Waals surface area contributed by atoms with E-state index in [9.17, 15) is 15.0 Å². The maximum atomic E-state index is 11.7. The molecule has 0 saturated carbocycles. The second-order valence-corrected chi connectivity index (χ2v) is 10.6. The van der Waals surface area contributed by atoms with Gasteiger partial charge in [0.05, 0.1) is 17.7 Å². The second-order valence-electron chi connectivity index (χ2n) is 10.6. The number of anilines is 1. The third kappa shape index (κ3) is 8.87. The lowest BCUT2D eigenvalue weighted by Crippen LogP contribution is -2.31. The summed E-state index contributed by atoms with van der Waals surface area (Å²) < 4.78 is 5.90. The molecule has 6 heteroatoms. The first-order chi connectivity index (χ1) is 19.3. The van der Waals surface area contributed by atoms with Gasteiger partial charge in [-0.15, -0.1) is 0 Å². The summed E-state index contributed by atoms with van der Waals surface area (Å²) in [4.78, 5) is 16.4. The van der Waals surface area contributed by atoms with Gasteiger partial charge in [-0.3, -0.25) is 4.79 Å². The van der Waals surface area contributed by atoms with Gasteiger partial charge in [0, 0.05) is 18.3 Å². The highest BCUT2D eigenvalue weighted by Gasteiger charge is 2.34. The van der Waals surface area contributed by atoms with Gasteiger partial charge in [0.2, 0.25) is 5.88 Å². The van der Waals surface area contributed by atoms with Crippen molar-refractivity contribution in [3.8, 4) is 11.6 Å². The van der Waals surface area contributed by atoms with Gasteiger partial charge in [-0.2, -0.15) is 0 Å². The van der Waals surface area contributed by atoms with Crippen LogP contribution in [0.2, 0.25) is 0 Å². The van der Waals surface area contributed by atoms with Crippen molar-refractivity contribution in [2.75, 3.05) is 18.5 Å². The number of nitrogens with zero attached hydrogens (tertiary/aromatic N) is 1. The number of carboxylic acid groups (broad SMARTS) is 1. The zero-order valence-electron chi connectivity index (χ0n) is 24.4. The predicted molar refractivity (Wildman–Crippen MR) is 164 cm³/mol. The molecular weight excluding hydrogens is 500 g/mol. The fraction of sp³-hybridized carbons (Fsp3) is 0.412. The number of ether oxygens (including phenoxy) is 1. The molecular formula is C34H44N2O4. The van der Waals surface area contributed by atoms with E-state index >= 15 is 0 Å². The third-order valence-electron chi connectivity index (χ3n) is 7.73. The van der Waals surface area contributed by atoms with Gasteiger partial charge in [0.25, 0.3) is 0 Å². The van der Waals surface area contributed by atoms with Gasteiger partial charge >= 0.3 is 5.97 Å². The summed E-state index contributed by atoms with van der Waals surface area (Å²) in [5.41, 5.74) is 5.30. The molecule has 40 heavy (non-hydrogen) atoms. The van der Waals surface area contributed by atoms with E-state index in [0.717, 1.165) is 53.8 Å². The normalized spacial score (nSPS) is 11.6. The third-order valence-corrected chi connectivity index (χ3v) is 7.73. The smallest absolute Gasteiger partial charge is 0.309 e. The molecule has 0 aliphatic carbocycles. The molecule has 0 unspecified atom stereocenters. The Bertz CT molecular complexity index is 1260. The van der Waals surface area contributed by atoms with Crippen LogP contribution in [0.5, 0.6) is 11.6 Å². The molecule has 1 aromatic heterocycles. The standard InChI is InChI=1S/C34H44N2O4/c1-5-34(6-2,33(38)39)19-20-35-30-15-10-13-27(24-30)17-18-29-14-11-16-31(36-29)40-21-9-7-8-12-28-22-25(3)32(37)26(4)23-28/h10-11,13-18,22-24,35,37H,5-9,12,19-21H2,1-4H3,(H,38,39). The molecule has 3 aromatic rings. The number of aliphatic carboxylic acids is 1. The molecule has 6 nitrogen and oxygen atoms in total. The minimum Gasteiger partial charge on any atom is -0.507 e. The number of hydrogen-bond acceptors (Lipinski definition) is 5. The summed E-state index contributed by atoms with van der Waals surface area (Å²) in [6.07, 6.45) is 9.93. The first kappa shape index (κ1) is 30.7. The van der Waals surface area contributed by atoms with Crippen molar-refractivity contribution in [1.29, 1.82) is 0 Å². The zero-order chi connectivity index (χ0) is 29.0. The number of rotatable bonds is 16. The summed E-state index contributed by atoms with van der Waals surface area (Å²) >= 11 is 0. The van der Waals surface area contributed by atoms with Crippen molar-refractivity contribution in [1.82, 2.24) is 4.98 Å². The Hall–Kier alpha value is -3.80. The average molecular weight is 545 g/mol. The number of unbranched alkanes of at least 4 members (excludes halogenated alkanes) is 2. The van der Waals surface area contributed by atoms with Crippen molar-refractivity contribution >= 4 is 23.8 Å². The Morgan fingerprint density at radius 3 is 2.40 bits per heavy atom. The van der Waals surface area contributed by atoms with Crippen LogP contribution in [0.1, 0.15) is 80.3 Å². The first-order valence-electron chi connectivity index (χ1n) is 14.4. The Morgan fingerprint density at radius 2 is 1.70 bits per heavy atom. The van der Waals surface area contributed by atoms with Gasteiger partial charge in [-0.05, 0) is 105 Å². The molecule has 0 bridgehead atoms. The lowest BCUT2D eigenvalue weighted by molar-refractivity contribution is -0.149. The van der Waals surface area contributed by atoms with E-state index in [-0.39, 0.29) is 0 Å². The molecule has 0 spiro atoms. The van der Waals surface area contributed by atoms with Gasteiger partial charge in [-0.1, -0.05) is 50.3 Å². The van der Waals surface area contributed by atoms with Crippen molar-refractivity contribution in [2.24, 2.45) is 5.41 Å². The van der Waals surface area contributed by atoms with Crippen LogP contribution in [0, 0.1) is 19.3 Å². The molecule has 0 fully saturated rings. The van der Waals surface area contributed by atoms with E-state index in [2.05, 4.69) is 28.5 Å². The topological polar surface area (TPSA) is 91.7 Å². The number of aryl methyl sites for hydroxylation is 3. The number of hydrogen-bond donors (Lipinski definition) is 3. The maximum absolute atomic E-state index is 11.7. The number of aromatic hydroxyl groups is 1.